The van der Waals surface area contributed by atoms with E-state index in [4.69, 9.17) is 11.6 Å². The largest absolute Gasteiger partial charge is 0.295 e. The maximum absolute atomic E-state index is 12.0. The van der Waals surface area contributed by atoms with Gasteiger partial charge in [-0.25, -0.2) is 4.98 Å². The maximum atomic E-state index is 12.0. The summed E-state index contributed by atoms with van der Waals surface area (Å²) in [6.45, 7) is 0. The van der Waals surface area contributed by atoms with Crippen molar-refractivity contribution in [1.82, 2.24) is 20.4 Å². The van der Waals surface area contributed by atoms with Crippen molar-refractivity contribution in [3.63, 3.8) is 0 Å². The Bertz CT molecular complexity index is 945. The Morgan fingerprint density at radius 1 is 1.07 bits per heavy atom. The van der Waals surface area contributed by atoms with Gasteiger partial charge < -0.3 is 0 Å². The van der Waals surface area contributed by atoms with Crippen molar-refractivity contribution in [2.75, 3.05) is 5.75 Å². The summed E-state index contributed by atoms with van der Waals surface area (Å²) in [6, 6.07) is 14.1. The molecule has 27 heavy (non-hydrogen) atoms. The summed E-state index contributed by atoms with van der Waals surface area (Å²) in [5.41, 5.74) is 6.13. The Hall–Kier alpha value is -2.29. The number of benzene rings is 2. The van der Waals surface area contributed by atoms with E-state index in [1.54, 1.807) is 48.8 Å². The summed E-state index contributed by atoms with van der Waals surface area (Å²) in [7, 11) is 0. The highest BCUT2D eigenvalue weighted by Gasteiger charge is 2.11. The molecule has 0 aliphatic heterocycles. The van der Waals surface area contributed by atoms with E-state index >= 15 is 0 Å². The fraction of sp³-hybridized carbons (Fsp3) is 0.0556. The zero-order valence-corrected chi connectivity index (χ0v) is 17.0. The highest BCUT2D eigenvalue weighted by atomic mass is 79.9. The highest BCUT2D eigenvalue weighted by Crippen LogP contribution is 2.21. The van der Waals surface area contributed by atoms with Crippen LogP contribution in [0.5, 0.6) is 0 Å². The summed E-state index contributed by atoms with van der Waals surface area (Å²) in [6.07, 6.45) is 3.46. The molecule has 2 amide bonds. The van der Waals surface area contributed by atoms with Crippen molar-refractivity contribution in [2.45, 2.75) is 5.16 Å². The molecule has 0 saturated carbocycles. The van der Waals surface area contributed by atoms with E-state index in [1.807, 2.05) is 16.7 Å². The van der Waals surface area contributed by atoms with Gasteiger partial charge in [-0.1, -0.05) is 39.3 Å². The van der Waals surface area contributed by atoms with Crippen molar-refractivity contribution in [3.05, 3.63) is 76.0 Å². The molecule has 0 atom stereocenters. The third-order valence-corrected chi connectivity index (χ3v) is 5.21. The molecule has 3 aromatic rings. The standard InChI is InChI=1S/C18H14BrClN4O2S/c19-13-3-1-12(2-4-13)17(26)23-22-16(25)11-27-18-21-9-10-24(18)15-7-5-14(20)6-8-15/h1-10H,11H2,(H,22,25)(H,23,26). The number of nitrogens with one attached hydrogen (secondary N) is 2. The predicted molar refractivity (Wildman–Crippen MR) is 109 cm³/mol. The quantitative estimate of drug-likeness (QED) is 0.443. The molecule has 0 saturated heterocycles. The molecule has 0 bridgehead atoms. The number of halogens is 2. The number of hydrogen-bond donors (Lipinski definition) is 2. The Labute approximate surface area is 173 Å². The topological polar surface area (TPSA) is 76.0 Å². The van der Waals surface area contributed by atoms with E-state index in [9.17, 15) is 9.59 Å². The van der Waals surface area contributed by atoms with Crippen molar-refractivity contribution in [1.29, 1.82) is 0 Å². The molecular weight excluding hydrogens is 452 g/mol. The summed E-state index contributed by atoms with van der Waals surface area (Å²) in [5, 5.41) is 1.31. The smallest absolute Gasteiger partial charge is 0.269 e. The van der Waals surface area contributed by atoms with Gasteiger partial charge in [0.25, 0.3) is 5.91 Å². The molecule has 2 aromatic carbocycles. The van der Waals surface area contributed by atoms with Crippen molar-refractivity contribution < 1.29 is 9.59 Å². The number of nitrogens with zero attached hydrogens (tertiary/aromatic N) is 2. The number of imidazole rings is 1. The van der Waals surface area contributed by atoms with Crippen molar-refractivity contribution in [3.8, 4) is 5.69 Å². The van der Waals surface area contributed by atoms with Crippen LogP contribution in [0.25, 0.3) is 5.69 Å². The second-order valence-electron chi connectivity index (χ2n) is 5.35. The average Bonchev–Trinajstić information content (AvgIpc) is 3.14. The van der Waals surface area contributed by atoms with E-state index in [-0.39, 0.29) is 17.6 Å². The number of hydrogen-bond acceptors (Lipinski definition) is 4. The molecular formula is C18H14BrClN4O2S. The minimum atomic E-state index is -0.386. The van der Waals surface area contributed by atoms with Crippen LogP contribution in [0, 0.1) is 0 Å². The predicted octanol–water partition coefficient (Wildman–Crippen LogP) is 3.84. The Balaban J connectivity index is 1.52. The van der Waals surface area contributed by atoms with E-state index in [0.29, 0.717) is 15.7 Å². The van der Waals surface area contributed by atoms with Crippen molar-refractivity contribution >= 4 is 51.1 Å². The Morgan fingerprint density at radius 3 is 2.48 bits per heavy atom. The molecule has 1 heterocycles. The van der Waals surface area contributed by atoms with Crippen LogP contribution < -0.4 is 10.9 Å². The first-order chi connectivity index (χ1) is 13.0. The summed E-state index contributed by atoms with van der Waals surface area (Å²) < 4.78 is 2.73. The van der Waals surface area contributed by atoms with Gasteiger partial charge in [0.1, 0.15) is 0 Å². The molecule has 0 aliphatic rings. The number of carbonyl (C=O) groups excluding carboxylic acids is 2. The number of rotatable bonds is 5. The summed E-state index contributed by atoms with van der Waals surface area (Å²) >= 11 is 10.5. The Kier molecular flexibility index (Phi) is 6.54. The maximum Gasteiger partial charge on any atom is 0.269 e. The normalized spacial score (nSPS) is 10.4. The van der Waals surface area contributed by atoms with Gasteiger partial charge in [-0.3, -0.25) is 25.0 Å². The number of thioether (sulfide) groups is 1. The van der Waals surface area contributed by atoms with Crippen LogP contribution in [0.2, 0.25) is 5.02 Å². The zero-order valence-electron chi connectivity index (χ0n) is 13.9. The number of carbonyl (C=O) groups is 2. The van der Waals surface area contributed by atoms with Crippen molar-refractivity contribution in [2.24, 2.45) is 0 Å². The summed E-state index contributed by atoms with van der Waals surface area (Å²) in [4.78, 5) is 28.3. The molecule has 2 N–H and O–H groups in total. The van der Waals surface area contributed by atoms with Gasteiger partial charge in [-0.2, -0.15) is 0 Å². The van der Waals surface area contributed by atoms with Crippen LogP contribution in [0.3, 0.4) is 0 Å². The molecule has 6 nitrogen and oxygen atoms in total. The zero-order chi connectivity index (χ0) is 19.2. The molecule has 0 aliphatic carbocycles. The van der Waals surface area contributed by atoms with Gasteiger partial charge in [0, 0.05) is 33.1 Å². The second kappa shape index (κ2) is 9.07. The monoisotopic (exact) mass is 464 g/mol. The van der Waals surface area contributed by atoms with E-state index in [0.717, 1.165) is 10.2 Å². The third-order valence-electron chi connectivity index (χ3n) is 3.47. The first kappa shape index (κ1) is 19.5. The molecule has 1 aromatic heterocycles. The van der Waals surface area contributed by atoms with Crippen LogP contribution in [0.15, 0.2) is 70.6 Å². The van der Waals surface area contributed by atoms with Crippen LogP contribution in [-0.4, -0.2) is 27.1 Å². The molecule has 0 unspecified atom stereocenters. The number of aromatic nitrogens is 2. The molecule has 9 heteroatoms. The molecule has 138 valence electrons. The fourth-order valence-electron chi connectivity index (χ4n) is 2.16. The van der Waals surface area contributed by atoms with E-state index in [2.05, 4.69) is 31.8 Å². The minimum Gasteiger partial charge on any atom is -0.295 e. The lowest BCUT2D eigenvalue weighted by molar-refractivity contribution is -0.119. The molecule has 3 rings (SSSR count). The van der Waals surface area contributed by atoms with Crippen LogP contribution >= 0.6 is 39.3 Å². The van der Waals surface area contributed by atoms with Crippen LogP contribution in [-0.2, 0) is 4.79 Å². The second-order valence-corrected chi connectivity index (χ2v) is 7.65. The molecule has 0 spiro atoms. The van der Waals surface area contributed by atoms with E-state index in [1.165, 1.54) is 11.8 Å². The average molecular weight is 466 g/mol. The lowest BCUT2D eigenvalue weighted by atomic mass is 10.2. The lowest BCUT2D eigenvalue weighted by Gasteiger charge is -2.09. The number of hydrazine groups is 1. The van der Waals surface area contributed by atoms with Gasteiger partial charge in [0.15, 0.2) is 5.16 Å². The molecule has 0 radical (unpaired) electrons. The van der Waals surface area contributed by atoms with Crippen LogP contribution in [0.4, 0.5) is 0 Å². The van der Waals surface area contributed by atoms with Gasteiger partial charge >= 0.3 is 0 Å². The number of amides is 2. The highest BCUT2D eigenvalue weighted by molar-refractivity contribution is 9.10. The first-order valence-corrected chi connectivity index (χ1v) is 9.95. The van der Waals surface area contributed by atoms with E-state index < -0.39 is 0 Å². The Morgan fingerprint density at radius 2 is 1.78 bits per heavy atom. The fourth-order valence-corrected chi connectivity index (χ4v) is 3.32. The van der Waals surface area contributed by atoms with Crippen LogP contribution in [0.1, 0.15) is 10.4 Å². The van der Waals surface area contributed by atoms with Gasteiger partial charge in [-0.15, -0.1) is 0 Å². The minimum absolute atomic E-state index is 0.102. The van der Waals surface area contributed by atoms with Gasteiger partial charge in [0.2, 0.25) is 5.91 Å². The van der Waals surface area contributed by atoms with Gasteiger partial charge in [0.05, 0.1) is 5.75 Å². The summed E-state index contributed by atoms with van der Waals surface area (Å²) in [5.74, 6) is -0.620. The lowest BCUT2D eigenvalue weighted by Crippen LogP contribution is -2.42. The SMILES string of the molecule is O=C(CSc1nccn1-c1ccc(Cl)cc1)NNC(=O)c1ccc(Br)cc1. The van der Waals surface area contributed by atoms with Gasteiger partial charge in [-0.05, 0) is 48.5 Å². The first-order valence-electron chi connectivity index (χ1n) is 7.80. The molecule has 0 fully saturated rings. The third kappa shape index (κ3) is 5.35.